The van der Waals surface area contributed by atoms with Gasteiger partial charge in [0.15, 0.2) is 0 Å². The third-order valence-corrected chi connectivity index (χ3v) is 7.02. The summed E-state index contributed by atoms with van der Waals surface area (Å²) in [6, 6.07) is 5.06. The van der Waals surface area contributed by atoms with Crippen molar-refractivity contribution in [3.05, 3.63) is 29.3 Å². The highest BCUT2D eigenvalue weighted by molar-refractivity contribution is 7.85. The number of imide groups is 1. The van der Waals surface area contributed by atoms with Gasteiger partial charge in [-0.1, -0.05) is 0 Å². The lowest BCUT2D eigenvalue weighted by atomic mass is 9.94. The van der Waals surface area contributed by atoms with Gasteiger partial charge in [-0.3, -0.25) is 24.3 Å². The van der Waals surface area contributed by atoms with Gasteiger partial charge in [-0.15, -0.1) is 0 Å². The Kier molecular flexibility index (Phi) is 5.54. The molecule has 0 spiro atoms. The van der Waals surface area contributed by atoms with E-state index >= 15 is 0 Å². The van der Waals surface area contributed by atoms with Gasteiger partial charge in [-0.2, -0.15) is 8.42 Å². The number of hydrogen-bond acceptors (Lipinski definition) is 6. The molecule has 3 aliphatic rings. The first-order chi connectivity index (χ1) is 14.2. The lowest BCUT2D eigenvalue weighted by molar-refractivity contribution is -0.136. The number of piperidine rings is 2. The van der Waals surface area contributed by atoms with Gasteiger partial charge in [0.2, 0.25) is 11.8 Å². The van der Waals surface area contributed by atoms with Crippen molar-refractivity contribution in [1.82, 2.24) is 10.2 Å². The van der Waals surface area contributed by atoms with Crippen LogP contribution in [-0.2, 0) is 26.3 Å². The molecule has 4 rings (SSSR count). The first-order valence-electron chi connectivity index (χ1n) is 10.2. The Bertz CT molecular complexity index is 984. The summed E-state index contributed by atoms with van der Waals surface area (Å²) in [5, 5.41) is 2.31. The Hall–Kier alpha value is -2.46. The number of anilines is 1. The monoisotopic (exact) mass is 435 g/mol. The molecule has 3 aliphatic heterocycles. The molecule has 2 fully saturated rings. The minimum absolute atomic E-state index is 0.185. The molecule has 2 N–H and O–H groups in total. The Balaban J connectivity index is 1.40. The van der Waals surface area contributed by atoms with E-state index in [1.807, 2.05) is 12.1 Å². The molecule has 1 aromatic carbocycles. The molecule has 10 heteroatoms. The molecule has 0 bridgehead atoms. The van der Waals surface area contributed by atoms with Crippen molar-refractivity contribution in [2.75, 3.05) is 23.7 Å². The Morgan fingerprint density at radius 2 is 1.83 bits per heavy atom. The number of rotatable bonds is 5. The lowest BCUT2D eigenvalue weighted by Gasteiger charge is -2.33. The Morgan fingerprint density at radius 3 is 2.50 bits per heavy atom. The average molecular weight is 436 g/mol. The zero-order valence-corrected chi connectivity index (χ0v) is 17.4. The SMILES string of the molecule is O=C1CCC(N2Cc3cc(N4CCC(CCS(=O)(=O)O)CC4)ccc3C2=O)C(=O)N1. The summed E-state index contributed by atoms with van der Waals surface area (Å²) in [6.07, 6.45) is 2.72. The first-order valence-corrected chi connectivity index (χ1v) is 11.8. The molecule has 1 unspecified atom stereocenters. The third-order valence-electron chi connectivity index (χ3n) is 6.27. The number of nitrogens with one attached hydrogen (secondary N) is 1. The number of amides is 3. The van der Waals surface area contributed by atoms with E-state index in [1.54, 1.807) is 6.07 Å². The van der Waals surface area contributed by atoms with Crippen LogP contribution >= 0.6 is 0 Å². The summed E-state index contributed by atoms with van der Waals surface area (Å²) in [6.45, 7) is 1.90. The molecular weight excluding hydrogens is 410 g/mol. The number of nitrogens with zero attached hydrogens (tertiary/aromatic N) is 2. The first kappa shape index (κ1) is 20.8. The van der Waals surface area contributed by atoms with Gasteiger partial charge >= 0.3 is 0 Å². The molecule has 9 nitrogen and oxygen atoms in total. The van der Waals surface area contributed by atoms with Gasteiger partial charge < -0.3 is 9.80 Å². The molecule has 30 heavy (non-hydrogen) atoms. The van der Waals surface area contributed by atoms with Crippen molar-refractivity contribution in [3.63, 3.8) is 0 Å². The highest BCUT2D eigenvalue weighted by atomic mass is 32.2. The van der Waals surface area contributed by atoms with Crippen LogP contribution in [0, 0.1) is 5.92 Å². The van der Waals surface area contributed by atoms with Crippen LogP contribution in [0.25, 0.3) is 0 Å². The predicted molar refractivity (Wildman–Crippen MR) is 108 cm³/mol. The van der Waals surface area contributed by atoms with Crippen LogP contribution in [0.2, 0.25) is 0 Å². The minimum atomic E-state index is -3.92. The molecule has 2 saturated heterocycles. The average Bonchev–Trinajstić information content (AvgIpc) is 3.02. The largest absolute Gasteiger partial charge is 0.372 e. The molecule has 0 radical (unpaired) electrons. The summed E-state index contributed by atoms with van der Waals surface area (Å²) in [7, 11) is -3.92. The molecule has 162 valence electrons. The van der Waals surface area contributed by atoms with E-state index in [4.69, 9.17) is 4.55 Å². The van der Waals surface area contributed by atoms with Gasteiger partial charge in [0, 0.05) is 37.3 Å². The summed E-state index contributed by atoms with van der Waals surface area (Å²) in [5.41, 5.74) is 2.46. The number of benzene rings is 1. The fourth-order valence-electron chi connectivity index (χ4n) is 4.55. The predicted octanol–water partition coefficient (Wildman–Crippen LogP) is 0.942. The molecule has 1 aromatic rings. The van der Waals surface area contributed by atoms with Gasteiger partial charge in [0.05, 0.1) is 5.75 Å². The van der Waals surface area contributed by atoms with Crippen molar-refractivity contribution < 1.29 is 27.4 Å². The normalized spacial score (nSPS) is 23.0. The van der Waals surface area contributed by atoms with Crippen LogP contribution in [0.3, 0.4) is 0 Å². The van der Waals surface area contributed by atoms with Gasteiger partial charge in [-0.05, 0) is 55.4 Å². The molecule has 3 amide bonds. The lowest BCUT2D eigenvalue weighted by Crippen LogP contribution is -2.52. The second kappa shape index (κ2) is 7.99. The van der Waals surface area contributed by atoms with Crippen LogP contribution < -0.4 is 10.2 Å². The number of fused-ring (bicyclic) bond motifs is 1. The Labute approximate surface area is 175 Å². The van der Waals surface area contributed by atoms with E-state index < -0.39 is 22.1 Å². The van der Waals surface area contributed by atoms with Crippen molar-refractivity contribution >= 4 is 33.5 Å². The third kappa shape index (κ3) is 4.34. The molecule has 0 aromatic heterocycles. The second-order valence-corrected chi connectivity index (χ2v) is 9.82. The smallest absolute Gasteiger partial charge is 0.264 e. The van der Waals surface area contributed by atoms with E-state index in [9.17, 15) is 22.8 Å². The van der Waals surface area contributed by atoms with Crippen molar-refractivity contribution in [1.29, 1.82) is 0 Å². The topological polar surface area (TPSA) is 124 Å². The van der Waals surface area contributed by atoms with Crippen molar-refractivity contribution in [2.45, 2.75) is 44.7 Å². The van der Waals surface area contributed by atoms with Gasteiger partial charge in [0.25, 0.3) is 16.0 Å². The van der Waals surface area contributed by atoms with E-state index in [1.165, 1.54) is 4.90 Å². The molecule has 0 aliphatic carbocycles. The number of carbonyl (C=O) groups is 3. The van der Waals surface area contributed by atoms with Gasteiger partial charge in [0.1, 0.15) is 6.04 Å². The van der Waals surface area contributed by atoms with E-state index in [2.05, 4.69) is 10.2 Å². The maximum Gasteiger partial charge on any atom is 0.264 e. The Morgan fingerprint density at radius 1 is 1.10 bits per heavy atom. The molecule has 0 saturated carbocycles. The minimum Gasteiger partial charge on any atom is -0.372 e. The zero-order chi connectivity index (χ0) is 21.5. The van der Waals surface area contributed by atoms with E-state index in [0.29, 0.717) is 24.9 Å². The second-order valence-electron chi connectivity index (χ2n) is 8.25. The standard InChI is InChI=1S/C20H25N3O6S/c24-18-4-3-17(19(25)21-18)23-12-14-11-15(1-2-16(14)20(23)26)22-8-5-13(6-9-22)7-10-30(27,28)29/h1-2,11,13,17H,3-10,12H2,(H,21,24,25)(H,27,28,29). The summed E-state index contributed by atoms with van der Waals surface area (Å²) < 4.78 is 30.8. The van der Waals surface area contributed by atoms with Crippen LogP contribution in [0.5, 0.6) is 0 Å². The zero-order valence-electron chi connectivity index (χ0n) is 16.5. The summed E-state index contributed by atoms with van der Waals surface area (Å²) in [5.74, 6) is -0.839. The quantitative estimate of drug-likeness (QED) is 0.521. The maximum atomic E-state index is 12.8. The van der Waals surface area contributed by atoms with Crippen LogP contribution in [0.15, 0.2) is 18.2 Å². The van der Waals surface area contributed by atoms with Gasteiger partial charge in [-0.25, -0.2) is 0 Å². The van der Waals surface area contributed by atoms with Crippen molar-refractivity contribution in [3.8, 4) is 0 Å². The fourth-order valence-corrected chi connectivity index (χ4v) is 5.18. The number of hydrogen-bond donors (Lipinski definition) is 2. The van der Waals surface area contributed by atoms with Crippen LogP contribution in [0.4, 0.5) is 5.69 Å². The molecule has 3 heterocycles. The van der Waals surface area contributed by atoms with Crippen molar-refractivity contribution in [2.24, 2.45) is 5.92 Å². The van der Waals surface area contributed by atoms with E-state index in [0.717, 1.165) is 37.2 Å². The van der Waals surface area contributed by atoms with E-state index in [-0.39, 0.29) is 29.9 Å². The maximum absolute atomic E-state index is 12.8. The molecular formula is C20H25N3O6S. The highest BCUT2D eigenvalue weighted by Gasteiger charge is 2.39. The summed E-state index contributed by atoms with van der Waals surface area (Å²) >= 11 is 0. The highest BCUT2D eigenvalue weighted by Crippen LogP contribution is 2.32. The number of carbonyl (C=O) groups excluding carboxylic acids is 3. The van der Waals surface area contributed by atoms with Crippen LogP contribution in [-0.4, -0.2) is 60.5 Å². The van der Waals surface area contributed by atoms with Crippen LogP contribution in [0.1, 0.15) is 48.0 Å². The summed E-state index contributed by atoms with van der Waals surface area (Å²) in [4.78, 5) is 40.1. The fraction of sp³-hybridized carbons (Fsp3) is 0.550. The molecule has 1 atom stereocenters.